The number of hydrogen-bond donors (Lipinski definition) is 1. The minimum atomic E-state index is -3.32. The number of nitrogens with one attached hydrogen (secondary N) is 1. The van der Waals surface area contributed by atoms with Crippen molar-refractivity contribution in [3.8, 4) is 0 Å². The minimum Gasteiger partial charge on any atom is -0.319 e. The van der Waals surface area contributed by atoms with Crippen molar-refractivity contribution in [3.63, 3.8) is 0 Å². The third kappa shape index (κ3) is 3.57. The van der Waals surface area contributed by atoms with Gasteiger partial charge in [0.05, 0.1) is 17.3 Å². The highest BCUT2D eigenvalue weighted by Gasteiger charge is 2.54. The van der Waals surface area contributed by atoms with Crippen LogP contribution in [0.15, 0.2) is 0 Å². The molecule has 1 N–H and O–H groups in total. The smallest absolute Gasteiger partial charge is 0.319 e. The first-order chi connectivity index (χ1) is 13.4. The zero-order valence-electron chi connectivity index (χ0n) is 17.1. The Morgan fingerprint density at radius 3 is 2.36 bits per heavy atom. The summed E-state index contributed by atoms with van der Waals surface area (Å²) in [6, 6.07) is 0.817. The molecule has 4 aliphatic carbocycles. The molecule has 0 aromatic carbocycles. The van der Waals surface area contributed by atoms with Gasteiger partial charge in [0.25, 0.3) is 0 Å². The molecule has 6 nitrogen and oxygen atoms in total. The highest BCUT2D eigenvalue weighted by molar-refractivity contribution is 7.90. The molecule has 28 heavy (non-hydrogen) atoms. The molecular weight excluding hydrogens is 374 g/mol. The van der Waals surface area contributed by atoms with Crippen molar-refractivity contribution in [1.29, 1.82) is 0 Å². The van der Waals surface area contributed by atoms with Crippen molar-refractivity contribution in [3.05, 3.63) is 0 Å². The summed E-state index contributed by atoms with van der Waals surface area (Å²) >= 11 is 0. The molecule has 5 aliphatic rings. The molecule has 1 heterocycles. The molecule has 3 unspecified atom stereocenters. The molecule has 1 aliphatic heterocycles. The number of carbonyl (C=O) groups excluding carboxylic acids is 1. The van der Waals surface area contributed by atoms with E-state index in [9.17, 15) is 13.2 Å². The highest BCUT2D eigenvalue weighted by Crippen LogP contribution is 2.43. The van der Waals surface area contributed by atoms with Crippen LogP contribution in [0.2, 0.25) is 0 Å². The molecule has 3 atom stereocenters. The monoisotopic (exact) mass is 409 g/mol. The van der Waals surface area contributed by atoms with Gasteiger partial charge in [-0.3, -0.25) is 0 Å². The van der Waals surface area contributed by atoms with Crippen LogP contribution in [0.4, 0.5) is 4.79 Å². The Morgan fingerprint density at radius 1 is 1.00 bits per heavy atom. The minimum absolute atomic E-state index is 0.0803. The summed E-state index contributed by atoms with van der Waals surface area (Å²) in [5.74, 6) is 0.675. The third-order valence-corrected chi connectivity index (χ3v) is 9.99. The molecule has 5 fully saturated rings. The van der Waals surface area contributed by atoms with E-state index in [1.54, 1.807) is 0 Å². The van der Waals surface area contributed by atoms with Gasteiger partial charge in [-0.15, -0.1) is 0 Å². The van der Waals surface area contributed by atoms with Gasteiger partial charge in [-0.2, -0.15) is 0 Å². The van der Waals surface area contributed by atoms with Crippen LogP contribution in [0.5, 0.6) is 0 Å². The van der Waals surface area contributed by atoms with E-state index in [1.807, 2.05) is 6.92 Å². The lowest BCUT2D eigenvalue weighted by atomic mass is 9.87. The van der Waals surface area contributed by atoms with E-state index in [0.29, 0.717) is 24.8 Å². The summed E-state index contributed by atoms with van der Waals surface area (Å²) in [6.45, 7) is 2.89. The van der Waals surface area contributed by atoms with E-state index in [0.717, 1.165) is 38.6 Å². The van der Waals surface area contributed by atoms with E-state index in [1.165, 1.54) is 32.1 Å². The van der Waals surface area contributed by atoms with Crippen LogP contribution in [0.25, 0.3) is 0 Å². The van der Waals surface area contributed by atoms with Crippen molar-refractivity contribution >= 4 is 16.1 Å². The number of sulfonamides is 1. The molecular formula is C21H35N3O3S. The number of nitrogens with zero attached hydrogens (tertiary/aromatic N) is 2. The molecule has 1 saturated heterocycles. The van der Waals surface area contributed by atoms with Crippen molar-refractivity contribution in [2.24, 2.45) is 5.92 Å². The van der Waals surface area contributed by atoms with Crippen LogP contribution in [0, 0.1) is 5.92 Å². The van der Waals surface area contributed by atoms with Crippen molar-refractivity contribution in [1.82, 2.24) is 14.5 Å². The fraction of sp³-hybridized carbons (Fsp3) is 0.952. The number of amides is 2. The van der Waals surface area contributed by atoms with Crippen molar-refractivity contribution in [2.75, 3.05) is 6.54 Å². The van der Waals surface area contributed by atoms with Gasteiger partial charge in [0.15, 0.2) is 0 Å². The average Bonchev–Trinajstić information content (AvgIpc) is 3.58. The Morgan fingerprint density at radius 2 is 1.71 bits per heavy atom. The summed E-state index contributed by atoms with van der Waals surface area (Å²) in [5, 5.41) is -0.356. The number of fused-ring (bicyclic) bond motifs is 1. The maximum atomic E-state index is 13.4. The number of carbonyl (C=O) groups is 1. The fourth-order valence-electron chi connectivity index (χ4n) is 5.76. The van der Waals surface area contributed by atoms with E-state index >= 15 is 0 Å². The lowest BCUT2D eigenvalue weighted by Crippen LogP contribution is -2.52. The normalized spacial score (nSPS) is 35.9. The Hall–Kier alpha value is -0.820. The average molecular weight is 410 g/mol. The highest BCUT2D eigenvalue weighted by atomic mass is 32.2. The summed E-state index contributed by atoms with van der Waals surface area (Å²) in [6.07, 6.45) is 12.3. The summed E-state index contributed by atoms with van der Waals surface area (Å²) in [7, 11) is -3.32. The topological polar surface area (TPSA) is 69.7 Å². The van der Waals surface area contributed by atoms with Crippen LogP contribution in [0.3, 0.4) is 0 Å². The Balaban J connectivity index is 1.37. The number of hydrogen-bond acceptors (Lipinski definition) is 3. The van der Waals surface area contributed by atoms with Gasteiger partial charge in [-0.25, -0.2) is 17.9 Å². The quantitative estimate of drug-likeness (QED) is 0.732. The Kier molecular flexibility index (Phi) is 4.70. The standard InChI is InChI=1S/C21H35N3O3S/c1-21(11-12-21)22-28(26,27)17-9-10-18-19(13-17)24(16-5-3-2-4-6-16)20(25)23(18)14-15-7-8-15/h15-19,22H,2-14H2,1H3. The Labute approximate surface area is 169 Å². The summed E-state index contributed by atoms with van der Waals surface area (Å²) < 4.78 is 29.0. The number of urea groups is 1. The van der Waals surface area contributed by atoms with Crippen molar-refractivity contribution < 1.29 is 13.2 Å². The lowest BCUT2D eigenvalue weighted by Gasteiger charge is -2.40. The largest absolute Gasteiger partial charge is 0.320 e. The van der Waals surface area contributed by atoms with Gasteiger partial charge in [0, 0.05) is 18.1 Å². The molecule has 4 saturated carbocycles. The second-order valence-electron chi connectivity index (χ2n) is 10.4. The van der Waals surface area contributed by atoms with Gasteiger partial charge >= 0.3 is 6.03 Å². The van der Waals surface area contributed by atoms with Crippen molar-refractivity contribution in [2.45, 2.75) is 113 Å². The van der Waals surface area contributed by atoms with Crippen LogP contribution in [-0.4, -0.2) is 59.7 Å². The fourth-order valence-corrected chi connectivity index (χ4v) is 7.72. The van der Waals surface area contributed by atoms with Crippen LogP contribution >= 0.6 is 0 Å². The first-order valence-corrected chi connectivity index (χ1v) is 13.0. The van der Waals surface area contributed by atoms with E-state index in [4.69, 9.17) is 0 Å². The second kappa shape index (κ2) is 6.86. The molecule has 5 rings (SSSR count). The SMILES string of the molecule is CC1(NS(=O)(=O)C2CCC3C(C2)N(C2CCCCC2)C(=O)N3CC2CC2)CC1. The summed E-state index contributed by atoms with van der Waals surface area (Å²) in [4.78, 5) is 17.7. The maximum Gasteiger partial charge on any atom is 0.320 e. The molecule has 158 valence electrons. The van der Waals surface area contributed by atoms with Gasteiger partial charge in [-0.05, 0) is 70.6 Å². The zero-order valence-corrected chi connectivity index (χ0v) is 17.9. The second-order valence-corrected chi connectivity index (χ2v) is 12.3. The van der Waals surface area contributed by atoms with E-state index in [-0.39, 0.29) is 28.9 Å². The molecule has 0 radical (unpaired) electrons. The maximum absolute atomic E-state index is 13.4. The van der Waals surface area contributed by atoms with Crippen LogP contribution in [-0.2, 0) is 10.0 Å². The van der Waals surface area contributed by atoms with Crippen LogP contribution < -0.4 is 4.72 Å². The summed E-state index contributed by atoms with van der Waals surface area (Å²) in [5.41, 5.74) is -0.220. The van der Waals surface area contributed by atoms with E-state index in [2.05, 4.69) is 14.5 Å². The van der Waals surface area contributed by atoms with Gasteiger partial charge in [-0.1, -0.05) is 19.3 Å². The first kappa shape index (κ1) is 19.2. The molecule has 2 amide bonds. The third-order valence-electron chi connectivity index (χ3n) is 7.90. The van der Waals surface area contributed by atoms with E-state index < -0.39 is 10.0 Å². The zero-order chi connectivity index (χ0) is 19.5. The van der Waals surface area contributed by atoms with Crippen LogP contribution in [0.1, 0.15) is 84.0 Å². The van der Waals surface area contributed by atoms with Gasteiger partial charge < -0.3 is 9.80 Å². The predicted octanol–water partition coefficient (Wildman–Crippen LogP) is 3.23. The van der Waals surface area contributed by atoms with Gasteiger partial charge in [0.1, 0.15) is 0 Å². The molecule has 0 aromatic heterocycles. The molecule has 0 spiro atoms. The lowest BCUT2D eigenvalue weighted by molar-refractivity contribution is 0.134. The molecule has 7 heteroatoms. The van der Waals surface area contributed by atoms with Gasteiger partial charge in [0.2, 0.25) is 10.0 Å². The number of rotatable bonds is 6. The molecule has 0 bridgehead atoms. The molecule has 0 aromatic rings. The first-order valence-electron chi connectivity index (χ1n) is 11.5. The Bertz CT molecular complexity index is 725. The predicted molar refractivity (Wildman–Crippen MR) is 108 cm³/mol.